The Balaban J connectivity index is 1.59. The summed E-state index contributed by atoms with van der Waals surface area (Å²) in [6.45, 7) is 7.20. The van der Waals surface area contributed by atoms with Gasteiger partial charge in [-0.3, -0.25) is 14.6 Å². The van der Waals surface area contributed by atoms with Crippen molar-refractivity contribution in [1.82, 2.24) is 15.1 Å². The van der Waals surface area contributed by atoms with Gasteiger partial charge in [0.05, 0.1) is 12.5 Å². The third-order valence-corrected chi connectivity index (χ3v) is 4.47. The molecular formula is C18H30N4O2. The van der Waals surface area contributed by atoms with Gasteiger partial charge in [0.2, 0.25) is 5.91 Å². The smallest absolute Gasteiger partial charge is 0.222 e. The number of hydrogen-bond acceptors (Lipinski definition) is 5. The van der Waals surface area contributed by atoms with E-state index < -0.39 is 0 Å². The molecule has 2 rings (SSSR count). The molecule has 1 aromatic rings. The van der Waals surface area contributed by atoms with Crippen molar-refractivity contribution < 1.29 is 9.53 Å². The third-order valence-electron chi connectivity index (χ3n) is 4.47. The first-order valence-electron chi connectivity index (χ1n) is 8.69. The van der Waals surface area contributed by atoms with Crippen molar-refractivity contribution in [3.05, 3.63) is 35.9 Å². The molecule has 0 aromatic heterocycles. The number of rotatable bonds is 9. The summed E-state index contributed by atoms with van der Waals surface area (Å²) in [6.07, 6.45) is 0.143. The average Bonchev–Trinajstić information content (AvgIpc) is 2.62. The second-order valence-electron chi connectivity index (χ2n) is 6.25. The van der Waals surface area contributed by atoms with Crippen LogP contribution in [0.25, 0.3) is 0 Å². The van der Waals surface area contributed by atoms with Gasteiger partial charge >= 0.3 is 0 Å². The molecule has 0 aliphatic carbocycles. The highest BCUT2D eigenvalue weighted by Crippen LogP contribution is 2.08. The minimum absolute atomic E-state index is 0.00927. The number of nitrogens with one attached hydrogen (secondary N) is 1. The maximum atomic E-state index is 11.8. The van der Waals surface area contributed by atoms with Gasteiger partial charge in [0.25, 0.3) is 0 Å². The molecule has 1 unspecified atom stereocenters. The largest absolute Gasteiger partial charge is 0.380 e. The number of nitrogens with two attached hydrogens (primary N) is 1. The zero-order chi connectivity index (χ0) is 17.2. The van der Waals surface area contributed by atoms with Crippen molar-refractivity contribution >= 4 is 5.91 Å². The number of hydrogen-bond donors (Lipinski definition) is 2. The molecule has 1 heterocycles. The Morgan fingerprint density at radius 1 is 1.21 bits per heavy atom. The minimum Gasteiger partial charge on any atom is -0.380 e. The van der Waals surface area contributed by atoms with E-state index in [1.165, 1.54) is 5.56 Å². The first-order chi connectivity index (χ1) is 11.7. The predicted octanol–water partition coefficient (Wildman–Crippen LogP) is 0.284. The summed E-state index contributed by atoms with van der Waals surface area (Å²) < 4.78 is 5.13. The SMILES string of the molecule is COC(CN)CC(=O)NCCN1CCN(Cc2ccccc2)CC1. The zero-order valence-corrected chi connectivity index (χ0v) is 14.6. The number of benzene rings is 1. The Bertz CT molecular complexity index is 471. The number of nitrogens with zero attached hydrogens (tertiary/aromatic N) is 2. The molecule has 0 saturated carbocycles. The molecule has 134 valence electrons. The van der Waals surface area contributed by atoms with Crippen LogP contribution in [0.2, 0.25) is 0 Å². The van der Waals surface area contributed by atoms with E-state index in [2.05, 4.69) is 45.4 Å². The zero-order valence-electron chi connectivity index (χ0n) is 14.6. The van der Waals surface area contributed by atoms with Crippen molar-refractivity contribution in [1.29, 1.82) is 0 Å². The lowest BCUT2D eigenvalue weighted by Crippen LogP contribution is -2.48. The fraction of sp³-hybridized carbons (Fsp3) is 0.611. The fourth-order valence-electron chi connectivity index (χ4n) is 2.91. The van der Waals surface area contributed by atoms with Crippen LogP contribution in [0, 0.1) is 0 Å². The lowest BCUT2D eigenvalue weighted by molar-refractivity contribution is -0.123. The normalized spacial score (nSPS) is 17.6. The van der Waals surface area contributed by atoms with Gasteiger partial charge in [-0.1, -0.05) is 30.3 Å². The molecule has 1 aliphatic heterocycles. The van der Waals surface area contributed by atoms with E-state index in [4.69, 9.17) is 10.5 Å². The second kappa shape index (κ2) is 10.4. The maximum Gasteiger partial charge on any atom is 0.222 e. The van der Waals surface area contributed by atoms with Crippen LogP contribution < -0.4 is 11.1 Å². The molecule has 0 spiro atoms. The molecule has 1 fully saturated rings. The molecule has 6 nitrogen and oxygen atoms in total. The molecule has 0 bridgehead atoms. The summed E-state index contributed by atoms with van der Waals surface area (Å²) in [5.74, 6) is 0.00927. The number of carbonyl (C=O) groups excluding carboxylic acids is 1. The molecule has 1 amide bonds. The van der Waals surface area contributed by atoms with Crippen LogP contribution in [0.15, 0.2) is 30.3 Å². The Morgan fingerprint density at radius 2 is 1.88 bits per heavy atom. The minimum atomic E-state index is -0.188. The maximum absolute atomic E-state index is 11.8. The number of carbonyl (C=O) groups is 1. The van der Waals surface area contributed by atoms with E-state index in [0.717, 1.165) is 39.3 Å². The molecule has 0 radical (unpaired) electrons. The predicted molar refractivity (Wildman–Crippen MR) is 95.6 cm³/mol. The summed E-state index contributed by atoms with van der Waals surface area (Å²) in [4.78, 5) is 16.7. The highest BCUT2D eigenvalue weighted by molar-refractivity contribution is 5.76. The van der Waals surface area contributed by atoms with Crippen LogP contribution >= 0.6 is 0 Å². The van der Waals surface area contributed by atoms with Crippen molar-refractivity contribution in [3.63, 3.8) is 0 Å². The Labute approximate surface area is 144 Å². The van der Waals surface area contributed by atoms with Crippen LogP contribution in [0.4, 0.5) is 0 Å². The van der Waals surface area contributed by atoms with Crippen LogP contribution in [0.3, 0.4) is 0 Å². The average molecular weight is 334 g/mol. The van der Waals surface area contributed by atoms with E-state index in [9.17, 15) is 4.79 Å². The standard InChI is InChI=1S/C18H30N4O2/c1-24-17(14-19)13-18(23)20-7-8-21-9-11-22(12-10-21)15-16-5-3-2-4-6-16/h2-6,17H,7-15,19H2,1H3,(H,20,23). The van der Waals surface area contributed by atoms with Gasteiger partial charge in [0.15, 0.2) is 0 Å². The molecule has 1 saturated heterocycles. The van der Waals surface area contributed by atoms with Crippen molar-refractivity contribution in [2.75, 3.05) is 52.9 Å². The Morgan fingerprint density at radius 3 is 2.50 bits per heavy atom. The quantitative estimate of drug-likeness (QED) is 0.679. The molecule has 24 heavy (non-hydrogen) atoms. The van der Waals surface area contributed by atoms with Crippen LogP contribution in [0.5, 0.6) is 0 Å². The molecule has 3 N–H and O–H groups in total. The van der Waals surface area contributed by atoms with Gasteiger partial charge in [0.1, 0.15) is 0 Å². The van der Waals surface area contributed by atoms with Crippen LogP contribution in [-0.2, 0) is 16.1 Å². The van der Waals surface area contributed by atoms with E-state index in [1.54, 1.807) is 7.11 Å². The molecule has 1 aromatic carbocycles. The number of ether oxygens (including phenoxy) is 1. The van der Waals surface area contributed by atoms with E-state index >= 15 is 0 Å². The fourth-order valence-corrected chi connectivity index (χ4v) is 2.91. The van der Waals surface area contributed by atoms with Gasteiger partial charge in [0, 0.05) is 59.5 Å². The lowest BCUT2D eigenvalue weighted by Gasteiger charge is -2.34. The summed E-state index contributed by atoms with van der Waals surface area (Å²) in [6, 6.07) is 10.6. The molecular weight excluding hydrogens is 304 g/mol. The van der Waals surface area contributed by atoms with E-state index in [0.29, 0.717) is 19.5 Å². The second-order valence-corrected chi connectivity index (χ2v) is 6.25. The van der Waals surface area contributed by atoms with Crippen LogP contribution in [-0.4, -0.2) is 74.7 Å². The van der Waals surface area contributed by atoms with E-state index in [-0.39, 0.29) is 12.0 Å². The lowest BCUT2D eigenvalue weighted by atomic mass is 10.2. The molecule has 6 heteroatoms. The van der Waals surface area contributed by atoms with Gasteiger partial charge in [-0.2, -0.15) is 0 Å². The Hall–Kier alpha value is -1.47. The van der Waals surface area contributed by atoms with Crippen molar-refractivity contribution in [2.24, 2.45) is 5.73 Å². The summed E-state index contributed by atoms with van der Waals surface area (Å²) in [5.41, 5.74) is 6.89. The number of methoxy groups -OCH3 is 1. The molecule has 1 atom stereocenters. The molecule has 1 aliphatic rings. The van der Waals surface area contributed by atoms with Gasteiger partial charge in [-0.15, -0.1) is 0 Å². The van der Waals surface area contributed by atoms with Gasteiger partial charge in [-0.05, 0) is 5.56 Å². The first-order valence-corrected chi connectivity index (χ1v) is 8.69. The summed E-state index contributed by atoms with van der Waals surface area (Å²) >= 11 is 0. The van der Waals surface area contributed by atoms with Gasteiger partial charge < -0.3 is 15.8 Å². The number of amides is 1. The highest BCUT2D eigenvalue weighted by atomic mass is 16.5. The monoisotopic (exact) mass is 334 g/mol. The summed E-state index contributed by atoms with van der Waals surface area (Å²) in [7, 11) is 1.58. The van der Waals surface area contributed by atoms with E-state index in [1.807, 2.05) is 0 Å². The van der Waals surface area contributed by atoms with Crippen LogP contribution in [0.1, 0.15) is 12.0 Å². The highest BCUT2D eigenvalue weighted by Gasteiger charge is 2.17. The third kappa shape index (κ3) is 6.57. The topological polar surface area (TPSA) is 70.8 Å². The van der Waals surface area contributed by atoms with Crippen molar-refractivity contribution in [2.45, 2.75) is 19.1 Å². The number of piperazine rings is 1. The summed E-state index contributed by atoms with van der Waals surface area (Å²) in [5, 5.41) is 2.95. The first kappa shape index (κ1) is 18.9. The Kier molecular flexibility index (Phi) is 8.18. The van der Waals surface area contributed by atoms with Crippen molar-refractivity contribution in [3.8, 4) is 0 Å². The van der Waals surface area contributed by atoms with Gasteiger partial charge in [-0.25, -0.2) is 0 Å².